The van der Waals surface area contributed by atoms with Gasteiger partial charge in [0.05, 0.1) is 12.0 Å². The van der Waals surface area contributed by atoms with Gasteiger partial charge in [0.25, 0.3) is 0 Å². The van der Waals surface area contributed by atoms with Gasteiger partial charge in [0.1, 0.15) is 0 Å². The van der Waals surface area contributed by atoms with Crippen molar-refractivity contribution in [3.8, 4) is 0 Å². The molecule has 4 heteroatoms. The minimum absolute atomic E-state index is 0.0759. The molecule has 1 amide bonds. The minimum atomic E-state index is -0.497. The average molecular weight is 322 g/mol. The number of nitrogens with one attached hydrogen (secondary N) is 1. The van der Waals surface area contributed by atoms with Gasteiger partial charge >= 0.3 is 0 Å². The van der Waals surface area contributed by atoms with Crippen molar-refractivity contribution in [2.45, 2.75) is 25.8 Å². The molecule has 0 saturated heterocycles. The molecule has 2 aromatic rings. The van der Waals surface area contributed by atoms with Gasteiger partial charge in [0, 0.05) is 10.0 Å². The van der Waals surface area contributed by atoms with Crippen LogP contribution in [-0.2, 0) is 16.8 Å². The normalized spacial score (nSPS) is 11.2. The molecule has 0 saturated carbocycles. The molecule has 0 heterocycles. The third-order valence-corrected chi connectivity index (χ3v) is 3.91. The molecule has 2 rings (SSSR count). The molecular weight excluding hydrogens is 305 g/mol. The van der Waals surface area contributed by atoms with Crippen molar-refractivity contribution in [1.29, 1.82) is 0 Å². The molecule has 0 aliphatic carbocycles. The summed E-state index contributed by atoms with van der Waals surface area (Å²) in [4.78, 5) is 12.2. The van der Waals surface area contributed by atoms with Crippen LogP contribution in [0.15, 0.2) is 48.5 Å². The predicted octanol–water partition coefficient (Wildman–Crippen LogP) is 4.59. The fraction of sp³-hybridized carbons (Fsp3) is 0.235. The van der Waals surface area contributed by atoms with Crippen molar-refractivity contribution in [2.75, 3.05) is 0 Å². The molecule has 0 aliphatic rings. The number of halogens is 2. The van der Waals surface area contributed by atoms with Crippen LogP contribution in [0, 0.1) is 0 Å². The zero-order chi connectivity index (χ0) is 15.5. The lowest BCUT2D eigenvalue weighted by Crippen LogP contribution is -2.41. The molecule has 110 valence electrons. The Labute approximate surface area is 135 Å². The van der Waals surface area contributed by atoms with E-state index in [0.29, 0.717) is 10.0 Å². The Morgan fingerprint density at radius 3 is 2.48 bits per heavy atom. The summed E-state index contributed by atoms with van der Waals surface area (Å²) < 4.78 is 0. The summed E-state index contributed by atoms with van der Waals surface area (Å²) in [5.41, 5.74) is 1.28. The Morgan fingerprint density at radius 1 is 1.10 bits per heavy atom. The van der Waals surface area contributed by atoms with E-state index in [1.165, 1.54) is 0 Å². The highest BCUT2D eigenvalue weighted by Crippen LogP contribution is 2.23. The second kappa shape index (κ2) is 6.50. The van der Waals surface area contributed by atoms with Crippen LogP contribution in [0.4, 0.5) is 0 Å². The van der Waals surface area contributed by atoms with E-state index in [1.807, 2.05) is 56.3 Å². The van der Waals surface area contributed by atoms with Crippen molar-refractivity contribution in [2.24, 2.45) is 0 Å². The second-order valence-electron chi connectivity index (χ2n) is 5.45. The van der Waals surface area contributed by atoms with E-state index >= 15 is 0 Å². The monoisotopic (exact) mass is 321 g/mol. The number of carbonyl (C=O) groups is 1. The molecule has 0 unspecified atom stereocenters. The van der Waals surface area contributed by atoms with E-state index in [2.05, 4.69) is 5.32 Å². The first kappa shape index (κ1) is 15.9. The van der Waals surface area contributed by atoms with Crippen molar-refractivity contribution in [3.63, 3.8) is 0 Å². The van der Waals surface area contributed by atoms with Crippen LogP contribution in [0.5, 0.6) is 0 Å². The summed E-state index contributed by atoms with van der Waals surface area (Å²) in [6.45, 7) is 3.90. The molecule has 1 N–H and O–H groups in total. The Balaban J connectivity index is 2.10. The minimum Gasteiger partial charge on any atom is -0.347 e. The lowest BCUT2D eigenvalue weighted by molar-refractivity contribution is -0.122. The van der Waals surface area contributed by atoms with Crippen LogP contribution < -0.4 is 5.32 Å². The first-order valence-corrected chi connectivity index (χ1v) is 7.44. The summed E-state index contributed by atoms with van der Waals surface area (Å²) in [6.07, 6.45) is 0.254. The van der Waals surface area contributed by atoms with E-state index in [-0.39, 0.29) is 12.3 Å². The van der Waals surface area contributed by atoms with E-state index in [0.717, 1.165) is 11.1 Å². The maximum absolute atomic E-state index is 12.2. The first-order valence-electron chi connectivity index (χ1n) is 6.69. The van der Waals surface area contributed by atoms with E-state index in [9.17, 15) is 4.79 Å². The van der Waals surface area contributed by atoms with Crippen molar-refractivity contribution in [3.05, 3.63) is 69.7 Å². The van der Waals surface area contributed by atoms with Crippen molar-refractivity contribution in [1.82, 2.24) is 5.32 Å². The second-order valence-corrected chi connectivity index (χ2v) is 6.30. The molecule has 0 atom stereocenters. The lowest BCUT2D eigenvalue weighted by Gasteiger charge is -2.27. The van der Waals surface area contributed by atoms with Crippen molar-refractivity contribution >= 4 is 29.1 Å². The summed E-state index contributed by atoms with van der Waals surface area (Å²) >= 11 is 12.1. The third-order valence-electron chi connectivity index (χ3n) is 3.31. The molecule has 21 heavy (non-hydrogen) atoms. The van der Waals surface area contributed by atoms with Crippen LogP contribution in [0.1, 0.15) is 25.0 Å². The predicted molar refractivity (Wildman–Crippen MR) is 87.8 cm³/mol. The molecule has 2 nitrogen and oxygen atoms in total. The Hall–Kier alpha value is -1.51. The summed E-state index contributed by atoms with van der Waals surface area (Å²) in [5.74, 6) is -0.0759. The number of rotatable bonds is 4. The van der Waals surface area contributed by atoms with Crippen LogP contribution >= 0.6 is 23.2 Å². The largest absolute Gasteiger partial charge is 0.347 e. The maximum atomic E-state index is 12.2. The Morgan fingerprint density at radius 2 is 1.81 bits per heavy atom. The quantitative estimate of drug-likeness (QED) is 0.876. The smallest absolute Gasteiger partial charge is 0.225 e. The van der Waals surface area contributed by atoms with Crippen LogP contribution in [0.2, 0.25) is 10.0 Å². The molecular formula is C17H17Cl2NO. The number of hydrogen-bond acceptors (Lipinski definition) is 1. The molecule has 0 fully saturated rings. The highest BCUT2D eigenvalue weighted by molar-refractivity contribution is 6.31. The fourth-order valence-corrected chi connectivity index (χ4v) is 2.55. The third kappa shape index (κ3) is 4.23. The topological polar surface area (TPSA) is 29.1 Å². The average Bonchev–Trinajstić information content (AvgIpc) is 2.41. The Bertz CT molecular complexity index is 653. The molecule has 0 radical (unpaired) electrons. The number of benzene rings is 2. The van der Waals surface area contributed by atoms with E-state index in [1.54, 1.807) is 6.07 Å². The van der Waals surface area contributed by atoms with Gasteiger partial charge in [-0.1, -0.05) is 53.5 Å². The first-order chi connectivity index (χ1) is 9.88. The lowest BCUT2D eigenvalue weighted by atomic mass is 9.94. The van der Waals surface area contributed by atoms with E-state index < -0.39 is 5.54 Å². The summed E-state index contributed by atoms with van der Waals surface area (Å²) in [5, 5.41) is 4.28. The van der Waals surface area contributed by atoms with Gasteiger partial charge in [0.2, 0.25) is 5.91 Å². The van der Waals surface area contributed by atoms with Gasteiger partial charge in [-0.3, -0.25) is 4.79 Å². The summed E-state index contributed by atoms with van der Waals surface area (Å²) in [7, 11) is 0. The van der Waals surface area contributed by atoms with Gasteiger partial charge in [-0.25, -0.2) is 0 Å². The highest BCUT2D eigenvalue weighted by Gasteiger charge is 2.23. The SMILES string of the molecule is CC(C)(NC(=O)Cc1ccccc1Cl)c1cccc(Cl)c1. The molecule has 0 aliphatic heterocycles. The molecule has 0 bridgehead atoms. The van der Waals surface area contributed by atoms with Crippen LogP contribution in [0.3, 0.4) is 0 Å². The van der Waals surface area contributed by atoms with Gasteiger partial charge < -0.3 is 5.32 Å². The molecule has 0 aromatic heterocycles. The molecule has 2 aromatic carbocycles. The maximum Gasteiger partial charge on any atom is 0.225 e. The van der Waals surface area contributed by atoms with Crippen LogP contribution in [0.25, 0.3) is 0 Å². The zero-order valence-electron chi connectivity index (χ0n) is 12.0. The van der Waals surface area contributed by atoms with Crippen LogP contribution in [-0.4, -0.2) is 5.91 Å². The van der Waals surface area contributed by atoms with Gasteiger partial charge in [0.15, 0.2) is 0 Å². The summed E-state index contributed by atoms with van der Waals surface area (Å²) in [6, 6.07) is 14.8. The van der Waals surface area contributed by atoms with E-state index in [4.69, 9.17) is 23.2 Å². The number of hydrogen-bond donors (Lipinski definition) is 1. The Kier molecular flexibility index (Phi) is 4.92. The van der Waals surface area contributed by atoms with Gasteiger partial charge in [-0.15, -0.1) is 0 Å². The zero-order valence-corrected chi connectivity index (χ0v) is 13.5. The number of amides is 1. The standard InChI is InChI=1S/C17H17Cl2NO/c1-17(2,13-7-5-8-14(18)11-13)20-16(21)10-12-6-3-4-9-15(12)19/h3-9,11H,10H2,1-2H3,(H,20,21). The van der Waals surface area contributed by atoms with Crippen molar-refractivity contribution < 1.29 is 4.79 Å². The molecule has 0 spiro atoms. The fourth-order valence-electron chi connectivity index (χ4n) is 2.16. The highest BCUT2D eigenvalue weighted by atomic mass is 35.5. The van der Waals surface area contributed by atoms with Gasteiger partial charge in [-0.05, 0) is 43.2 Å². The number of carbonyl (C=O) groups excluding carboxylic acids is 1. The van der Waals surface area contributed by atoms with Gasteiger partial charge in [-0.2, -0.15) is 0 Å².